The van der Waals surface area contributed by atoms with Crippen molar-refractivity contribution >= 4 is 86.1 Å². The number of carbonyl (C=O) groups excluding carboxylic acids is 5. The molecule has 7 rings (SSSR count). The van der Waals surface area contributed by atoms with Gasteiger partial charge >= 0.3 is 6.03 Å². The van der Waals surface area contributed by atoms with E-state index in [4.69, 9.17) is 0 Å². The molecule has 1 N–H and O–H groups in total. The number of rotatable bonds is 6. The molecule has 3 heterocycles. The molecule has 1 aromatic heterocycles. The number of hydrogen-bond donors (Lipinski definition) is 1. The van der Waals surface area contributed by atoms with Crippen molar-refractivity contribution in [1.29, 1.82) is 0 Å². The van der Waals surface area contributed by atoms with Gasteiger partial charge in [0.15, 0.2) is 4.34 Å². The van der Waals surface area contributed by atoms with Gasteiger partial charge in [-0.3, -0.25) is 34.6 Å². The molecule has 0 bridgehead atoms. The van der Waals surface area contributed by atoms with Gasteiger partial charge in [0.05, 0.1) is 42.5 Å². The van der Waals surface area contributed by atoms with E-state index in [1.165, 1.54) is 35.6 Å². The average molecular weight is 662 g/mol. The molecule has 5 aromatic rings. The van der Waals surface area contributed by atoms with Gasteiger partial charge in [0.1, 0.15) is 5.57 Å². The summed E-state index contributed by atoms with van der Waals surface area (Å²) in [6.07, 6.45) is 1.20. The first-order valence-electron chi connectivity index (χ1n) is 13.9. The van der Waals surface area contributed by atoms with E-state index in [0.29, 0.717) is 31.4 Å². The van der Waals surface area contributed by atoms with Crippen LogP contribution in [0.2, 0.25) is 0 Å². The van der Waals surface area contributed by atoms with Gasteiger partial charge in [0.2, 0.25) is 0 Å². The topological polar surface area (TPSA) is 160 Å². The Morgan fingerprint density at radius 3 is 2.19 bits per heavy atom. The van der Waals surface area contributed by atoms with Crippen molar-refractivity contribution in [2.75, 3.05) is 9.80 Å². The van der Waals surface area contributed by atoms with Gasteiger partial charge in [-0.1, -0.05) is 47.7 Å². The normalized spacial score (nSPS) is 15.5. The summed E-state index contributed by atoms with van der Waals surface area (Å²) in [5.41, 5.74) is 2.35. The van der Waals surface area contributed by atoms with Gasteiger partial charge in [-0.25, -0.2) is 19.6 Å². The SMILES string of the molecule is Cc1ccc(N2C(=O)NC(=O)/C(=C\c3ccc(Sc4nc5ccc(N6C(=O)c7ccccc7C6=O)cc5s4)c([N+](=O)[O-])c3)C2=O)cc1. The van der Waals surface area contributed by atoms with Crippen LogP contribution in [-0.4, -0.2) is 39.6 Å². The molecule has 12 nitrogen and oxygen atoms in total. The third kappa shape index (κ3) is 5.24. The van der Waals surface area contributed by atoms with Crippen LogP contribution in [0.15, 0.2) is 99.7 Å². The van der Waals surface area contributed by atoms with Crippen LogP contribution in [-0.2, 0) is 9.59 Å². The summed E-state index contributed by atoms with van der Waals surface area (Å²) in [4.78, 5) is 82.6. The smallest absolute Gasteiger partial charge is 0.273 e. The molecule has 0 saturated carbocycles. The van der Waals surface area contributed by atoms with Crippen LogP contribution in [0.25, 0.3) is 16.3 Å². The predicted molar refractivity (Wildman–Crippen MR) is 175 cm³/mol. The number of nitrogens with one attached hydrogen (secondary N) is 1. The number of nitro groups is 1. The molecule has 0 radical (unpaired) electrons. The van der Waals surface area contributed by atoms with Crippen molar-refractivity contribution in [2.45, 2.75) is 16.2 Å². The summed E-state index contributed by atoms with van der Waals surface area (Å²) in [5.74, 6) is -2.62. The molecule has 1 fully saturated rings. The standard InChI is InChI=1S/C33H19N5O7S2/c1-17-6-9-19(10-7-17)37-31(42)23(28(39)35-32(37)43)14-18-8-13-26(25(15-18)38(44)45)46-33-34-24-12-11-20(16-27(24)47-33)36-29(40)21-4-2-3-5-22(21)30(36)41/h2-16H,1H3,(H,35,39,43)/b23-14+. The largest absolute Gasteiger partial charge is 0.335 e. The molecule has 14 heteroatoms. The Labute approximate surface area is 273 Å². The maximum atomic E-state index is 13.2. The fraction of sp³-hybridized carbons (Fsp3) is 0.0303. The Morgan fingerprint density at radius 1 is 0.830 bits per heavy atom. The van der Waals surface area contributed by atoms with Crippen molar-refractivity contribution < 1.29 is 28.9 Å². The van der Waals surface area contributed by atoms with E-state index in [1.54, 1.807) is 66.7 Å². The molecule has 0 aliphatic carbocycles. The first kappa shape index (κ1) is 29.7. The number of nitro benzene ring substituents is 1. The number of urea groups is 1. The molecule has 0 spiro atoms. The third-order valence-electron chi connectivity index (χ3n) is 7.49. The minimum Gasteiger partial charge on any atom is -0.273 e. The average Bonchev–Trinajstić information content (AvgIpc) is 3.57. The zero-order valence-electron chi connectivity index (χ0n) is 24.1. The van der Waals surface area contributed by atoms with Gasteiger partial charge in [-0.15, -0.1) is 11.3 Å². The molecule has 47 heavy (non-hydrogen) atoms. The number of aryl methyl sites for hydroxylation is 1. The second kappa shape index (κ2) is 11.4. The van der Waals surface area contributed by atoms with Gasteiger partial charge in [-0.2, -0.15) is 0 Å². The van der Waals surface area contributed by atoms with E-state index in [0.717, 1.165) is 27.1 Å². The summed E-state index contributed by atoms with van der Waals surface area (Å²) in [6, 6.07) is 21.5. The van der Waals surface area contributed by atoms with Gasteiger partial charge in [0, 0.05) is 6.07 Å². The highest BCUT2D eigenvalue weighted by molar-refractivity contribution is 8.01. The number of nitrogens with zero attached hydrogens (tertiary/aromatic N) is 4. The molecular weight excluding hydrogens is 643 g/mol. The highest BCUT2D eigenvalue weighted by atomic mass is 32.2. The number of amides is 6. The van der Waals surface area contributed by atoms with Crippen molar-refractivity contribution in [1.82, 2.24) is 10.3 Å². The number of carbonyl (C=O) groups is 5. The van der Waals surface area contributed by atoms with Crippen molar-refractivity contribution in [3.05, 3.63) is 123 Å². The van der Waals surface area contributed by atoms with E-state index in [2.05, 4.69) is 10.3 Å². The lowest BCUT2D eigenvalue weighted by Gasteiger charge is -2.26. The fourth-order valence-corrected chi connectivity index (χ4v) is 7.34. The van der Waals surface area contributed by atoms with E-state index in [1.807, 2.05) is 6.92 Å². The summed E-state index contributed by atoms with van der Waals surface area (Å²) >= 11 is 2.29. The Balaban J connectivity index is 1.16. The minimum absolute atomic E-state index is 0.202. The van der Waals surface area contributed by atoms with Crippen molar-refractivity contribution in [2.24, 2.45) is 0 Å². The van der Waals surface area contributed by atoms with Gasteiger partial charge in [0.25, 0.3) is 29.3 Å². The number of fused-ring (bicyclic) bond motifs is 2. The van der Waals surface area contributed by atoms with Crippen molar-refractivity contribution in [3.8, 4) is 0 Å². The molecule has 0 unspecified atom stereocenters. The molecule has 4 aromatic carbocycles. The van der Waals surface area contributed by atoms with E-state index >= 15 is 0 Å². The van der Waals surface area contributed by atoms with E-state index < -0.39 is 34.6 Å². The summed E-state index contributed by atoms with van der Waals surface area (Å²) in [6.45, 7) is 1.85. The third-order valence-corrected chi connectivity index (χ3v) is 9.63. The number of aromatic nitrogens is 1. The molecule has 2 aliphatic heterocycles. The van der Waals surface area contributed by atoms with Crippen LogP contribution >= 0.6 is 23.1 Å². The maximum Gasteiger partial charge on any atom is 0.335 e. The van der Waals surface area contributed by atoms with E-state index in [9.17, 15) is 34.1 Å². The highest BCUT2D eigenvalue weighted by Gasteiger charge is 2.38. The Hall–Kier alpha value is -5.99. The van der Waals surface area contributed by atoms with E-state index in [-0.39, 0.29) is 27.4 Å². The Morgan fingerprint density at radius 2 is 1.51 bits per heavy atom. The van der Waals surface area contributed by atoms with Gasteiger partial charge < -0.3 is 0 Å². The Bertz CT molecular complexity index is 2230. The number of benzene rings is 4. The number of imide groups is 3. The summed E-state index contributed by atoms with van der Waals surface area (Å²) < 4.78 is 1.14. The summed E-state index contributed by atoms with van der Waals surface area (Å²) in [7, 11) is 0. The minimum atomic E-state index is -0.917. The molecule has 1 saturated heterocycles. The predicted octanol–water partition coefficient (Wildman–Crippen LogP) is 6.13. The van der Waals surface area contributed by atoms with Crippen LogP contribution in [0.5, 0.6) is 0 Å². The lowest BCUT2D eigenvalue weighted by Crippen LogP contribution is -2.54. The van der Waals surface area contributed by atoms with Crippen LogP contribution in [0.4, 0.5) is 21.9 Å². The second-order valence-electron chi connectivity index (χ2n) is 10.5. The second-order valence-corrected chi connectivity index (χ2v) is 12.8. The molecule has 0 atom stereocenters. The highest BCUT2D eigenvalue weighted by Crippen LogP contribution is 2.41. The molecule has 230 valence electrons. The lowest BCUT2D eigenvalue weighted by atomic mass is 10.1. The zero-order chi connectivity index (χ0) is 33.0. The number of anilines is 2. The lowest BCUT2D eigenvalue weighted by molar-refractivity contribution is -0.387. The maximum absolute atomic E-state index is 13.2. The zero-order valence-corrected chi connectivity index (χ0v) is 25.8. The summed E-state index contributed by atoms with van der Waals surface area (Å²) in [5, 5.41) is 14.2. The molecular formula is C33H19N5O7S2. The number of hydrogen-bond acceptors (Lipinski definition) is 10. The van der Waals surface area contributed by atoms with Crippen molar-refractivity contribution in [3.63, 3.8) is 0 Å². The van der Waals surface area contributed by atoms with Gasteiger partial charge in [-0.05, 0) is 67.1 Å². The number of barbiturate groups is 1. The number of thiazole rings is 1. The monoisotopic (exact) mass is 661 g/mol. The van der Waals surface area contributed by atoms with Crippen LogP contribution < -0.4 is 15.1 Å². The van der Waals surface area contributed by atoms with Crippen LogP contribution in [0, 0.1) is 17.0 Å². The fourth-order valence-electron chi connectivity index (χ4n) is 5.20. The first-order chi connectivity index (χ1) is 22.6. The van der Waals surface area contributed by atoms with Crippen LogP contribution in [0.1, 0.15) is 31.8 Å². The Kier molecular flexibility index (Phi) is 7.22. The quantitative estimate of drug-likeness (QED) is 0.0742. The molecule has 2 aliphatic rings. The van der Waals surface area contributed by atoms with Crippen LogP contribution in [0.3, 0.4) is 0 Å². The first-order valence-corrected chi connectivity index (χ1v) is 15.5. The molecule has 6 amide bonds.